The van der Waals surface area contributed by atoms with Gasteiger partial charge in [0, 0.05) is 17.7 Å². The molecule has 0 saturated heterocycles. The molecule has 4 rings (SSSR count). The topological polar surface area (TPSA) is 102 Å². The Morgan fingerprint density at radius 2 is 1.97 bits per heavy atom. The number of nitrogens with zero attached hydrogens (tertiary/aromatic N) is 4. The maximum absolute atomic E-state index is 11.0. The highest BCUT2D eigenvalue weighted by atomic mass is 32.1. The van der Waals surface area contributed by atoms with Gasteiger partial charge in [0.25, 0.3) is 5.69 Å². The van der Waals surface area contributed by atoms with E-state index in [1.807, 2.05) is 55.5 Å². The fourth-order valence-electron chi connectivity index (χ4n) is 2.89. The van der Waals surface area contributed by atoms with Crippen LogP contribution in [0.2, 0.25) is 0 Å². The van der Waals surface area contributed by atoms with Crippen molar-refractivity contribution in [3.05, 3.63) is 93.5 Å². The number of nitro groups is 1. The predicted octanol–water partition coefficient (Wildman–Crippen LogP) is 5.31. The number of fused-ring (bicyclic) bond motifs is 1. The minimum absolute atomic E-state index is 0.00315. The van der Waals surface area contributed by atoms with Crippen molar-refractivity contribution in [3.63, 3.8) is 0 Å². The average Bonchev–Trinajstić information content (AvgIpc) is 3.24. The standard InChI is InChI=1S/C23H19N5O3S/c1-2-31-19-12-10-17(11-13-19)25-22(23-26-20-8-3-4-9-21(20)32-23)27-24-15-16-6-5-7-18(14-16)28(29)30/h3-15H,2H2,1H3,(H,25,27)/b24-15+. The van der Waals surface area contributed by atoms with Crippen LogP contribution in [0.4, 0.5) is 11.4 Å². The summed E-state index contributed by atoms with van der Waals surface area (Å²) in [5.41, 5.74) is 5.13. The van der Waals surface area contributed by atoms with Crippen LogP contribution in [0.15, 0.2) is 82.9 Å². The van der Waals surface area contributed by atoms with E-state index in [0.717, 1.165) is 16.0 Å². The lowest BCUT2D eigenvalue weighted by Crippen LogP contribution is -2.18. The summed E-state index contributed by atoms with van der Waals surface area (Å²) in [6, 6.07) is 21.5. The first kappa shape index (κ1) is 21.1. The summed E-state index contributed by atoms with van der Waals surface area (Å²) in [4.78, 5) is 19.9. The number of thiazole rings is 1. The molecule has 0 aliphatic rings. The lowest BCUT2D eigenvalue weighted by atomic mass is 10.2. The van der Waals surface area contributed by atoms with Crippen LogP contribution < -0.4 is 10.2 Å². The zero-order valence-electron chi connectivity index (χ0n) is 17.1. The number of nitrogens with one attached hydrogen (secondary N) is 1. The minimum Gasteiger partial charge on any atom is -0.494 e. The summed E-state index contributed by atoms with van der Waals surface area (Å²) < 4.78 is 6.52. The van der Waals surface area contributed by atoms with E-state index in [4.69, 9.17) is 4.74 Å². The fraction of sp³-hybridized carbons (Fsp3) is 0.0870. The first-order valence-corrected chi connectivity index (χ1v) is 10.6. The maximum Gasteiger partial charge on any atom is 0.270 e. The van der Waals surface area contributed by atoms with Gasteiger partial charge in [-0.05, 0) is 43.3 Å². The van der Waals surface area contributed by atoms with E-state index in [9.17, 15) is 10.1 Å². The predicted molar refractivity (Wildman–Crippen MR) is 127 cm³/mol. The number of hydrogen-bond donors (Lipinski definition) is 1. The van der Waals surface area contributed by atoms with E-state index in [1.54, 1.807) is 12.1 Å². The number of non-ortho nitro benzene ring substituents is 1. The van der Waals surface area contributed by atoms with E-state index < -0.39 is 4.92 Å². The molecule has 1 aromatic heterocycles. The van der Waals surface area contributed by atoms with E-state index in [0.29, 0.717) is 28.7 Å². The highest BCUT2D eigenvalue weighted by Gasteiger charge is 2.11. The number of hydrazone groups is 1. The first-order chi connectivity index (χ1) is 15.6. The molecule has 0 fully saturated rings. The van der Waals surface area contributed by atoms with Gasteiger partial charge in [0.2, 0.25) is 0 Å². The Kier molecular flexibility index (Phi) is 6.47. The smallest absolute Gasteiger partial charge is 0.270 e. The molecule has 1 N–H and O–H groups in total. The van der Waals surface area contributed by atoms with E-state index in [-0.39, 0.29) is 5.69 Å². The lowest BCUT2D eigenvalue weighted by molar-refractivity contribution is -0.384. The van der Waals surface area contributed by atoms with Gasteiger partial charge in [-0.2, -0.15) is 5.10 Å². The number of nitro benzene ring substituents is 1. The number of para-hydroxylation sites is 1. The molecule has 0 amide bonds. The van der Waals surface area contributed by atoms with Crippen LogP contribution in [-0.4, -0.2) is 28.6 Å². The number of rotatable bonds is 7. The van der Waals surface area contributed by atoms with Gasteiger partial charge in [0.1, 0.15) is 5.75 Å². The number of aromatic nitrogens is 1. The first-order valence-electron chi connectivity index (χ1n) is 9.83. The maximum atomic E-state index is 11.0. The Morgan fingerprint density at radius 3 is 2.72 bits per heavy atom. The summed E-state index contributed by atoms with van der Waals surface area (Å²) in [6.07, 6.45) is 1.51. The third-order valence-electron chi connectivity index (χ3n) is 4.35. The van der Waals surface area contributed by atoms with E-state index >= 15 is 0 Å². The third-order valence-corrected chi connectivity index (χ3v) is 5.39. The molecule has 0 bridgehead atoms. The minimum atomic E-state index is -0.440. The molecule has 9 heteroatoms. The van der Waals surface area contributed by atoms with Crippen LogP contribution in [0.1, 0.15) is 17.5 Å². The molecule has 0 spiro atoms. The fourth-order valence-corrected chi connectivity index (χ4v) is 3.80. The second-order valence-electron chi connectivity index (χ2n) is 6.60. The van der Waals surface area contributed by atoms with Crippen molar-refractivity contribution in [2.24, 2.45) is 10.1 Å². The molecule has 0 aliphatic carbocycles. The molecule has 0 radical (unpaired) electrons. The Balaban J connectivity index is 1.64. The van der Waals surface area contributed by atoms with Crippen molar-refractivity contribution in [1.29, 1.82) is 0 Å². The zero-order chi connectivity index (χ0) is 22.3. The van der Waals surface area contributed by atoms with Crippen LogP contribution in [-0.2, 0) is 0 Å². The third kappa shape index (κ3) is 5.13. The van der Waals surface area contributed by atoms with Gasteiger partial charge < -0.3 is 4.74 Å². The number of aliphatic imine (C=N–C) groups is 1. The van der Waals surface area contributed by atoms with Crippen molar-refractivity contribution < 1.29 is 9.66 Å². The number of ether oxygens (including phenoxy) is 1. The molecule has 0 aliphatic heterocycles. The van der Waals surface area contributed by atoms with Crippen molar-refractivity contribution in [3.8, 4) is 5.75 Å². The van der Waals surface area contributed by atoms with Crippen LogP contribution in [0.25, 0.3) is 10.2 Å². The largest absolute Gasteiger partial charge is 0.494 e. The molecule has 0 saturated carbocycles. The molecule has 4 aromatic rings. The Labute approximate surface area is 188 Å². The summed E-state index contributed by atoms with van der Waals surface area (Å²) in [5, 5.41) is 15.9. The van der Waals surface area contributed by atoms with Gasteiger partial charge in [0.15, 0.2) is 10.8 Å². The molecule has 1 heterocycles. The van der Waals surface area contributed by atoms with Crippen molar-refractivity contribution >= 4 is 45.0 Å². The molecular formula is C23H19N5O3S. The van der Waals surface area contributed by atoms with E-state index in [1.165, 1.54) is 29.7 Å². The monoisotopic (exact) mass is 445 g/mol. The van der Waals surface area contributed by atoms with Crippen molar-refractivity contribution in [2.75, 3.05) is 6.61 Å². The van der Waals surface area contributed by atoms with Crippen LogP contribution >= 0.6 is 11.3 Å². The van der Waals surface area contributed by atoms with Gasteiger partial charge in [-0.25, -0.2) is 9.98 Å². The molecule has 0 unspecified atom stereocenters. The van der Waals surface area contributed by atoms with Crippen LogP contribution in [0.3, 0.4) is 0 Å². The van der Waals surface area contributed by atoms with Gasteiger partial charge in [-0.3, -0.25) is 15.5 Å². The summed E-state index contributed by atoms with van der Waals surface area (Å²) in [7, 11) is 0. The molecule has 0 atom stereocenters. The van der Waals surface area contributed by atoms with Gasteiger partial charge in [0.05, 0.1) is 33.6 Å². The number of amidine groups is 1. The summed E-state index contributed by atoms with van der Waals surface area (Å²) in [5.74, 6) is 1.24. The summed E-state index contributed by atoms with van der Waals surface area (Å²) >= 11 is 1.50. The van der Waals surface area contributed by atoms with Crippen LogP contribution in [0, 0.1) is 10.1 Å². The lowest BCUT2D eigenvalue weighted by Gasteiger charge is -2.05. The number of hydrogen-bond acceptors (Lipinski definition) is 7. The Hall–Kier alpha value is -4.11. The Morgan fingerprint density at radius 1 is 1.16 bits per heavy atom. The molecule has 160 valence electrons. The number of benzene rings is 3. The van der Waals surface area contributed by atoms with Crippen molar-refractivity contribution in [2.45, 2.75) is 6.92 Å². The normalized spacial score (nSPS) is 11.7. The zero-order valence-corrected chi connectivity index (χ0v) is 18.0. The van der Waals surface area contributed by atoms with Gasteiger partial charge in [-0.15, -0.1) is 11.3 Å². The highest BCUT2D eigenvalue weighted by molar-refractivity contribution is 7.20. The highest BCUT2D eigenvalue weighted by Crippen LogP contribution is 2.24. The Bertz CT molecular complexity index is 1270. The van der Waals surface area contributed by atoms with Crippen LogP contribution in [0.5, 0.6) is 5.75 Å². The van der Waals surface area contributed by atoms with Gasteiger partial charge >= 0.3 is 0 Å². The quantitative estimate of drug-likeness (QED) is 0.180. The van der Waals surface area contributed by atoms with Crippen molar-refractivity contribution in [1.82, 2.24) is 10.4 Å². The molecule has 8 nitrogen and oxygen atoms in total. The van der Waals surface area contributed by atoms with E-state index in [2.05, 4.69) is 20.5 Å². The second kappa shape index (κ2) is 9.80. The molecule has 3 aromatic carbocycles. The molecule has 32 heavy (non-hydrogen) atoms. The SMILES string of the molecule is CCOc1ccc(N=C(N/N=C/c2cccc([N+](=O)[O-])c2)c2nc3ccccc3s2)cc1. The molecular weight excluding hydrogens is 426 g/mol. The second-order valence-corrected chi connectivity index (χ2v) is 7.63. The summed E-state index contributed by atoms with van der Waals surface area (Å²) in [6.45, 7) is 2.52. The van der Waals surface area contributed by atoms with Gasteiger partial charge in [-0.1, -0.05) is 24.3 Å². The average molecular weight is 446 g/mol.